The van der Waals surface area contributed by atoms with Crippen LogP contribution < -0.4 is 10.6 Å². The summed E-state index contributed by atoms with van der Waals surface area (Å²) in [6, 6.07) is 7.14. The molecular weight excluding hydrogens is 364 g/mol. The van der Waals surface area contributed by atoms with E-state index in [1.165, 1.54) is 18.2 Å². The van der Waals surface area contributed by atoms with E-state index >= 15 is 0 Å². The molecule has 1 saturated heterocycles. The number of thioether (sulfide) groups is 1. The second-order valence-electron chi connectivity index (χ2n) is 6.52. The molecule has 1 aliphatic rings. The number of carbonyl (C=O) groups is 2. The zero-order chi connectivity index (χ0) is 19.1. The molecule has 2 amide bonds. The predicted octanol–water partition coefficient (Wildman–Crippen LogP) is 1.97. The molecule has 0 bridgehead atoms. The van der Waals surface area contributed by atoms with Crippen LogP contribution in [-0.2, 0) is 16.6 Å². The van der Waals surface area contributed by atoms with E-state index < -0.39 is 0 Å². The van der Waals surface area contributed by atoms with Crippen LogP contribution in [0.3, 0.4) is 0 Å². The molecule has 27 heavy (non-hydrogen) atoms. The van der Waals surface area contributed by atoms with Crippen LogP contribution in [0.1, 0.15) is 19.3 Å². The average molecular weight is 388 g/mol. The standard InChI is InChI=1S/C18H24N6O2S/c1-23-13-19-22-18(23)27-12-17(26)21-15-7-5-14(6-8-15)20-16(25)11-24-9-3-2-4-10-24/h5-8,13H,2-4,9-12H2,1H3,(H,20,25)(H,21,26). The lowest BCUT2D eigenvalue weighted by molar-refractivity contribution is -0.117. The molecule has 1 aromatic heterocycles. The van der Waals surface area contributed by atoms with Gasteiger partial charge in [-0.2, -0.15) is 0 Å². The van der Waals surface area contributed by atoms with Crippen molar-refractivity contribution in [2.75, 3.05) is 36.0 Å². The van der Waals surface area contributed by atoms with Crippen molar-refractivity contribution in [3.8, 4) is 0 Å². The van der Waals surface area contributed by atoms with Gasteiger partial charge in [0.25, 0.3) is 0 Å². The number of aromatic nitrogens is 3. The zero-order valence-corrected chi connectivity index (χ0v) is 16.2. The van der Waals surface area contributed by atoms with Crippen molar-refractivity contribution in [2.24, 2.45) is 7.05 Å². The summed E-state index contributed by atoms with van der Waals surface area (Å²) in [7, 11) is 1.83. The van der Waals surface area contributed by atoms with Gasteiger partial charge in [0.05, 0.1) is 12.3 Å². The molecule has 0 saturated carbocycles. The summed E-state index contributed by atoms with van der Waals surface area (Å²) in [6.07, 6.45) is 5.17. The van der Waals surface area contributed by atoms with Crippen LogP contribution in [0, 0.1) is 0 Å². The first-order chi connectivity index (χ1) is 13.1. The van der Waals surface area contributed by atoms with Crippen LogP contribution in [0.25, 0.3) is 0 Å². The molecular formula is C18H24N6O2S. The maximum atomic E-state index is 12.1. The summed E-state index contributed by atoms with van der Waals surface area (Å²) in [5.41, 5.74) is 1.41. The highest BCUT2D eigenvalue weighted by atomic mass is 32.2. The lowest BCUT2D eigenvalue weighted by atomic mass is 10.1. The van der Waals surface area contributed by atoms with Gasteiger partial charge >= 0.3 is 0 Å². The van der Waals surface area contributed by atoms with Gasteiger partial charge in [-0.25, -0.2) is 0 Å². The number of benzene rings is 1. The summed E-state index contributed by atoms with van der Waals surface area (Å²) in [6.45, 7) is 2.41. The number of nitrogens with one attached hydrogen (secondary N) is 2. The first-order valence-corrected chi connectivity index (χ1v) is 9.97. The minimum atomic E-state index is -0.120. The Morgan fingerprint density at radius 1 is 1.04 bits per heavy atom. The fraction of sp³-hybridized carbons (Fsp3) is 0.444. The average Bonchev–Trinajstić information content (AvgIpc) is 3.07. The lowest BCUT2D eigenvalue weighted by Gasteiger charge is -2.25. The number of carbonyl (C=O) groups excluding carboxylic acids is 2. The summed E-state index contributed by atoms with van der Waals surface area (Å²) in [5.74, 6) is 0.125. The molecule has 8 nitrogen and oxygen atoms in total. The Morgan fingerprint density at radius 2 is 1.67 bits per heavy atom. The molecule has 144 valence electrons. The van der Waals surface area contributed by atoms with Crippen molar-refractivity contribution in [2.45, 2.75) is 24.4 Å². The van der Waals surface area contributed by atoms with Crippen molar-refractivity contribution in [1.82, 2.24) is 19.7 Å². The van der Waals surface area contributed by atoms with E-state index in [4.69, 9.17) is 0 Å². The minimum Gasteiger partial charge on any atom is -0.325 e. The third kappa shape index (κ3) is 6.07. The summed E-state index contributed by atoms with van der Waals surface area (Å²) in [5, 5.41) is 14.1. The molecule has 1 aliphatic heterocycles. The van der Waals surface area contributed by atoms with Crippen molar-refractivity contribution < 1.29 is 9.59 Å². The Kier molecular flexibility index (Phi) is 6.83. The van der Waals surface area contributed by atoms with Crippen LogP contribution in [0.2, 0.25) is 0 Å². The van der Waals surface area contributed by atoms with E-state index in [0.29, 0.717) is 17.4 Å². The van der Waals surface area contributed by atoms with Gasteiger partial charge in [0, 0.05) is 18.4 Å². The second kappa shape index (κ2) is 9.52. The number of likely N-dealkylation sites (tertiary alicyclic amines) is 1. The quantitative estimate of drug-likeness (QED) is 0.705. The van der Waals surface area contributed by atoms with Gasteiger partial charge in [0.1, 0.15) is 6.33 Å². The van der Waals surface area contributed by atoms with Gasteiger partial charge in [-0.15, -0.1) is 10.2 Å². The highest BCUT2D eigenvalue weighted by Crippen LogP contribution is 2.17. The third-order valence-corrected chi connectivity index (χ3v) is 5.30. The van der Waals surface area contributed by atoms with E-state index in [9.17, 15) is 9.59 Å². The number of aryl methyl sites for hydroxylation is 1. The molecule has 2 aromatic rings. The van der Waals surface area contributed by atoms with Gasteiger partial charge in [-0.1, -0.05) is 18.2 Å². The molecule has 1 fully saturated rings. The van der Waals surface area contributed by atoms with Gasteiger partial charge in [-0.05, 0) is 50.2 Å². The number of amides is 2. The van der Waals surface area contributed by atoms with Crippen LogP contribution in [0.4, 0.5) is 11.4 Å². The van der Waals surface area contributed by atoms with Crippen LogP contribution in [0.15, 0.2) is 35.7 Å². The minimum absolute atomic E-state index is 0.00578. The van der Waals surface area contributed by atoms with Crippen molar-refractivity contribution in [1.29, 1.82) is 0 Å². The molecule has 3 rings (SSSR count). The second-order valence-corrected chi connectivity index (χ2v) is 7.47. The van der Waals surface area contributed by atoms with Crippen molar-refractivity contribution >= 4 is 35.0 Å². The number of nitrogens with zero attached hydrogens (tertiary/aromatic N) is 4. The maximum Gasteiger partial charge on any atom is 0.238 e. The molecule has 0 aliphatic carbocycles. The van der Waals surface area contributed by atoms with Crippen molar-refractivity contribution in [3.63, 3.8) is 0 Å². The molecule has 0 radical (unpaired) electrons. The molecule has 1 aromatic carbocycles. The van der Waals surface area contributed by atoms with E-state index in [1.807, 2.05) is 7.05 Å². The first kappa shape index (κ1) is 19.4. The lowest BCUT2D eigenvalue weighted by Crippen LogP contribution is -2.36. The van der Waals surface area contributed by atoms with Gasteiger partial charge in [-0.3, -0.25) is 14.5 Å². The Hall–Kier alpha value is -2.39. The van der Waals surface area contributed by atoms with E-state index in [1.54, 1.807) is 35.2 Å². The third-order valence-electron chi connectivity index (χ3n) is 4.27. The number of anilines is 2. The van der Waals surface area contributed by atoms with E-state index in [2.05, 4.69) is 25.7 Å². The molecule has 0 atom stereocenters. The van der Waals surface area contributed by atoms with Crippen LogP contribution in [0.5, 0.6) is 0 Å². The van der Waals surface area contributed by atoms with Crippen LogP contribution >= 0.6 is 11.8 Å². The summed E-state index contributed by atoms with van der Waals surface area (Å²) >= 11 is 1.32. The monoisotopic (exact) mass is 388 g/mol. The number of piperidine rings is 1. The molecule has 0 spiro atoms. The van der Waals surface area contributed by atoms with Crippen LogP contribution in [-0.4, -0.2) is 56.9 Å². The molecule has 2 heterocycles. The Bertz CT molecular complexity index is 770. The van der Waals surface area contributed by atoms with Crippen molar-refractivity contribution in [3.05, 3.63) is 30.6 Å². The summed E-state index contributed by atoms with van der Waals surface area (Å²) < 4.78 is 1.76. The summed E-state index contributed by atoms with van der Waals surface area (Å²) in [4.78, 5) is 26.4. The fourth-order valence-corrected chi connectivity index (χ4v) is 3.58. The number of rotatable bonds is 7. The number of hydrogen-bond donors (Lipinski definition) is 2. The Morgan fingerprint density at radius 3 is 2.26 bits per heavy atom. The van der Waals surface area contributed by atoms with Gasteiger partial charge in [0.2, 0.25) is 11.8 Å². The molecule has 2 N–H and O–H groups in total. The Balaban J connectivity index is 1.43. The number of hydrogen-bond acceptors (Lipinski definition) is 6. The highest BCUT2D eigenvalue weighted by molar-refractivity contribution is 7.99. The maximum absolute atomic E-state index is 12.1. The molecule has 9 heteroatoms. The van der Waals surface area contributed by atoms with E-state index in [-0.39, 0.29) is 17.6 Å². The van der Waals surface area contributed by atoms with E-state index in [0.717, 1.165) is 31.6 Å². The largest absolute Gasteiger partial charge is 0.325 e. The Labute approximate surface area is 162 Å². The fourth-order valence-electron chi connectivity index (χ4n) is 2.89. The smallest absolute Gasteiger partial charge is 0.238 e. The predicted molar refractivity (Wildman–Crippen MR) is 106 cm³/mol. The van der Waals surface area contributed by atoms with Gasteiger partial charge in [0.15, 0.2) is 5.16 Å². The molecule has 0 unspecified atom stereocenters. The topological polar surface area (TPSA) is 92.1 Å². The SMILES string of the molecule is Cn1cnnc1SCC(=O)Nc1ccc(NC(=O)CN2CCCCC2)cc1. The normalized spacial score (nSPS) is 14.7. The highest BCUT2D eigenvalue weighted by Gasteiger charge is 2.14. The van der Waals surface area contributed by atoms with Gasteiger partial charge < -0.3 is 15.2 Å². The first-order valence-electron chi connectivity index (χ1n) is 8.99. The zero-order valence-electron chi connectivity index (χ0n) is 15.4.